The van der Waals surface area contributed by atoms with E-state index in [1.165, 1.54) is 0 Å². The molecule has 0 bridgehead atoms. The monoisotopic (exact) mass is 404 g/mol. The molecule has 1 unspecified atom stereocenters. The van der Waals surface area contributed by atoms with Gasteiger partial charge in [-0.05, 0) is 61.9 Å². The van der Waals surface area contributed by atoms with Gasteiger partial charge in [0, 0.05) is 22.6 Å². The highest BCUT2D eigenvalue weighted by Crippen LogP contribution is 2.28. The number of aromatic hydroxyl groups is 1. The maximum atomic E-state index is 13.0. The Labute approximate surface area is 174 Å². The maximum absolute atomic E-state index is 13.0. The highest BCUT2D eigenvalue weighted by molar-refractivity contribution is 6.32. The molecule has 2 N–H and O–H groups in total. The van der Waals surface area contributed by atoms with Crippen LogP contribution in [0.3, 0.4) is 0 Å². The minimum Gasteiger partial charge on any atom is -0.508 e. The van der Waals surface area contributed by atoms with Gasteiger partial charge in [0.05, 0.1) is 11.4 Å². The highest BCUT2D eigenvalue weighted by atomic mass is 35.5. The molecule has 146 valence electrons. The Kier molecular flexibility index (Phi) is 5.12. The lowest BCUT2D eigenvalue weighted by atomic mass is 9.99. The van der Waals surface area contributed by atoms with E-state index in [2.05, 4.69) is 23.5 Å². The van der Waals surface area contributed by atoms with Crippen LogP contribution in [-0.4, -0.2) is 22.8 Å². The number of phenols is 1. The van der Waals surface area contributed by atoms with E-state index in [1.807, 2.05) is 19.9 Å². The molecule has 1 aliphatic heterocycles. The Hall–Kier alpha value is -3.11. The van der Waals surface area contributed by atoms with E-state index in [-0.39, 0.29) is 11.7 Å². The second-order valence-electron chi connectivity index (χ2n) is 7.42. The van der Waals surface area contributed by atoms with Gasteiger partial charge in [0.15, 0.2) is 0 Å². The van der Waals surface area contributed by atoms with Crippen molar-refractivity contribution in [1.29, 1.82) is 0 Å². The fourth-order valence-corrected chi connectivity index (χ4v) is 3.89. The van der Waals surface area contributed by atoms with Crippen LogP contribution < -0.4 is 5.32 Å². The van der Waals surface area contributed by atoms with Gasteiger partial charge in [0.2, 0.25) is 5.91 Å². The number of benzodiazepines with no additional fused rings is 1. The molecule has 1 atom stereocenters. The average molecular weight is 405 g/mol. The van der Waals surface area contributed by atoms with Gasteiger partial charge in [-0.2, -0.15) is 0 Å². The molecule has 4 rings (SSSR count). The number of hydrogen-bond donors (Lipinski definition) is 2. The number of rotatable bonds is 3. The summed E-state index contributed by atoms with van der Waals surface area (Å²) >= 11 is 6.24. The van der Waals surface area contributed by atoms with Crippen molar-refractivity contribution in [3.63, 3.8) is 0 Å². The number of hydrogen-bond acceptors (Lipinski definition) is 3. The van der Waals surface area contributed by atoms with Crippen LogP contribution in [0.2, 0.25) is 5.02 Å². The van der Waals surface area contributed by atoms with Crippen LogP contribution in [0.25, 0.3) is 0 Å². The summed E-state index contributed by atoms with van der Waals surface area (Å²) in [6.07, 6.45) is 0.498. The van der Waals surface area contributed by atoms with E-state index >= 15 is 0 Å². The number of anilines is 1. The first-order valence-corrected chi connectivity index (χ1v) is 9.82. The van der Waals surface area contributed by atoms with E-state index in [1.54, 1.807) is 36.4 Å². The topological polar surface area (TPSA) is 61.7 Å². The third-order valence-corrected chi connectivity index (χ3v) is 5.17. The van der Waals surface area contributed by atoms with Crippen LogP contribution in [-0.2, 0) is 11.2 Å². The van der Waals surface area contributed by atoms with Gasteiger partial charge in [-0.3, -0.25) is 9.79 Å². The summed E-state index contributed by atoms with van der Waals surface area (Å²) in [4.78, 5) is 17.8. The molecule has 0 aromatic heterocycles. The summed E-state index contributed by atoms with van der Waals surface area (Å²) in [5.41, 5.74) is 6.32. The molecule has 29 heavy (non-hydrogen) atoms. The Morgan fingerprint density at radius 2 is 1.69 bits per heavy atom. The molecular weight excluding hydrogens is 384 g/mol. The van der Waals surface area contributed by atoms with Gasteiger partial charge < -0.3 is 10.4 Å². The number of amides is 1. The summed E-state index contributed by atoms with van der Waals surface area (Å²) in [7, 11) is 0. The second-order valence-corrected chi connectivity index (χ2v) is 7.86. The molecule has 1 aliphatic rings. The van der Waals surface area contributed by atoms with Crippen molar-refractivity contribution in [2.45, 2.75) is 26.3 Å². The lowest BCUT2D eigenvalue weighted by Gasteiger charge is -2.12. The van der Waals surface area contributed by atoms with Crippen molar-refractivity contribution in [3.8, 4) is 5.75 Å². The summed E-state index contributed by atoms with van der Waals surface area (Å²) < 4.78 is 0. The Bertz CT molecular complexity index is 1100. The van der Waals surface area contributed by atoms with Crippen LogP contribution in [0.5, 0.6) is 5.75 Å². The molecule has 1 amide bonds. The van der Waals surface area contributed by atoms with Gasteiger partial charge in [-0.1, -0.05) is 40.9 Å². The summed E-state index contributed by atoms with van der Waals surface area (Å²) in [5, 5.41) is 13.2. The fraction of sp³-hybridized carbons (Fsp3) is 0.167. The van der Waals surface area contributed by atoms with Crippen molar-refractivity contribution in [1.82, 2.24) is 0 Å². The molecule has 0 saturated carbocycles. The molecular formula is C24H21ClN2O2. The van der Waals surface area contributed by atoms with Crippen LogP contribution in [0.4, 0.5) is 5.69 Å². The maximum Gasteiger partial charge on any atom is 0.249 e. The molecule has 0 radical (unpaired) electrons. The Morgan fingerprint density at radius 1 is 1.00 bits per heavy atom. The first kappa shape index (κ1) is 19.2. The van der Waals surface area contributed by atoms with Gasteiger partial charge in [0.1, 0.15) is 11.8 Å². The molecule has 3 aromatic rings. The van der Waals surface area contributed by atoms with Crippen molar-refractivity contribution < 1.29 is 9.90 Å². The summed E-state index contributed by atoms with van der Waals surface area (Å²) in [6.45, 7) is 4.10. The number of aliphatic imine (C=N–C) groups is 1. The normalized spacial score (nSPS) is 15.9. The molecule has 0 fully saturated rings. The number of carbonyl (C=O) groups excluding carboxylic acids is 1. The van der Waals surface area contributed by atoms with Crippen molar-refractivity contribution in [2.75, 3.05) is 5.32 Å². The molecule has 5 heteroatoms. The standard InChI is InChI=1S/C24H21ClN2O2/c1-14-9-15(2)11-16(10-14)12-22-24(29)27-21-8-5-18(25)13-20(21)23(26-22)17-3-6-19(28)7-4-17/h3-11,13,22,28H,12H2,1-2H3,(H,27,29). The zero-order valence-electron chi connectivity index (χ0n) is 16.2. The second kappa shape index (κ2) is 7.72. The third kappa shape index (κ3) is 4.17. The van der Waals surface area contributed by atoms with Crippen LogP contribution in [0.1, 0.15) is 27.8 Å². The Morgan fingerprint density at radius 3 is 2.38 bits per heavy atom. The van der Waals surface area contributed by atoms with Crippen molar-refractivity contribution >= 4 is 28.9 Å². The number of benzene rings is 3. The number of phenolic OH excluding ortho intramolecular Hbond substituents is 1. The van der Waals surface area contributed by atoms with Crippen molar-refractivity contribution in [2.24, 2.45) is 4.99 Å². The lowest BCUT2D eigenvalue weighted by molar-refractivity contribution is -0.117. The van der Waals surface area contributed by atoms with Gasteiger partial charge in [-0.15, -0.1) is 0 Å². The van der Waals surface area contributed by atoms with Crippen LogP contribution in [0, 0.1) is 13.8 Å². The lowest BCUT2D eigenvalue weighted by Crippen LogP contribution is -2.27. The van der Waals surface area contributed by atoms with Gasteiger partial charge in [-0.25, -0.2) is 0 Å². The van der Waals surface area contributed by atoms with Gasteiger partial charge in [0.25, 0.3) is 0 Å². The minimum atomic E-state index is -0.578. The molecule has 4 nitrogen and oxygen atoms in total. The van der Waals surface area contributed by atoms with E-state index < -0.39 is 6.04 Å². The number of aryl methyl sites for hydroxylation is 2. The van der Waals surface area contributed by atoms with Crippen molar-refractivity contribution in [3.05, 3.63) is 93.5 Å². The van der Waals surface area contributed by atoms with Crippen LogP contribution >= 0.6 is 11.6 Å². The van der Waals surface area contributed by atoms with E-state index in [0.717, 1.165) is 27.8 Å². The quantitative estimate of drug-likeness (QED) is 0.640. The first-order chi connectivity index (χ1) is 13.9. The molecule has 0 aliphatic carbocycles. The molecule has 3 aromatic carbocycles. The van der Waals surface area contributed by atoms with E-state index in [4.69, 9.17) is 16.6 Å². The highest BCUT2D eigenvalue weighted by Gasteiger charge is 2.26. The van der Waals surface area contributed by atoms with E-state index in [9.17, 15) is 9.90 Å². The predicted octanol–water partition coefficient (Wildman–Crippen LogP) is 5.06. The minimum absolute atomic E-state index is 0.151. The number of nitrogens with zero attached hydrogens (tertiary/aromatic N) is 1. The largest absolute Gasteiger partial charge is 0.508 e. The summed E-state index contributed by atoms with van der Waals surface area (Å²) in [6, 6.07) is 17.9. The average Bonchev–Trinajstić information content (AvgIpc) is 2.79. The third-order valence-electron chi connectivity index (χ3n) is 4.93. The molecule has 0 saturated heterocycles. The van der Waals surface area contributed by atoms with Gasteiger partial charge >= 0.3 is 0 Å². The summed E-state index contributed by atoms with van der Waals surface area (Å²) in [5.74, 6) is 0.0248. The zero-order valence-corrected chi connectivity index (χ0v) is 17.0. The fourth-order valence-electron chi connectivity index (χ4n) is 3.72. The van der Waals surface area contributed by atoms with Crippen LogP contribution in [0.15, 0.2) is 65.7 Å². The number of nitrogens with one attached hydrogen (secondary N) is 1. The van der Waals surface area contributed by atoms with E-state index in [0.29, 0.717) is 22.8 Å². The smallest absolute Gasteiger partial charge is 0.249 e. The molecule has 0 spiro atoms. The number of fused-ring (bicyclic) bond motifs is 1. The zero-order chi connectivity index (χ0) is 20.5. The number of carbonyl (C=O) groups is 1. The predicted molar refractivity (Wildman–Crippen MR) is 117 cm³/mol. The SMILES string of the molecule is Cc1cc(C)cc(CC2N=C(c3ccc(O)cc3)c3cc(Cl)ccc3NC2=O)c1. The Balaban J connectivity index is 1.82. The number of halogens is 1. The first-order valence-electron chi connectivity index (χ1n) is 9.44. The molecule has 1 heterocycles.